The van der Waals surface area contributed by atoms with Crippen molar-refractivity contribution in [2.24, 2.45) is 0 Å². The zero-order chi connectivity index (χ0) is 23.9. The van der Waals surface area contributed by atoms with Crippen LogP contribution in [-0.2, 0) is 6.42 Å². The molecule has 6 nitrogen and oxygen atoms in total. The summed E-state index contributed by atoms with van der Waals surface area (Å²) in [5.41, 5.74) is 2.62. The Hall–Kier alpha value is -3.93. The average molecular weight is 463 g/mol. The third-order valence-electron chi connectivity index (χ3n) is 6.30. The van der Waals surface area contributed by atoms with Crippen LogP contribution in [-0.4, -0.2) is 25.7 Å². The number of nitrogens with zero attached hydrogens (tertiary/aromatic N) is 4. The third kappa shape index (κ3) is 4.19. The van der Waals surface area contributed by atoms with Crippen molar-refractivity contribution in [1.82, 2.24) is 19.7 Å². The van der Waals surface area contributed by atoms with Crippen molar-refractivity contribution in [1.29, 1.82) is 5.26 Å². The molecule has 0 bridgehead atoms. The smallest absolute Gasteiger partial charge is 0.262 e. The number of halogens is 3. The Morgan fingerprint density at radius 1 is 1.15 bits per heavy atom. The van der Waals surface area contributed by atoms with E-state index < -0.39 is 11.7 Å². The minimum Gasteiger partial charge on any atom is -0.310 e. The highest BCUT2D eigenvalue weighted by Gasteiger charge is 2.36. The number of nitriles is 1. The second-order valence-electron chi connectivity index (χ2n) is 8.59. The van der Waals surface area contributed by atoms with E-state index in [1.807, 2.05) is 0 Å². The van der Waals surface area contributed by atoms with Crippen LogP contribution < -0.4 is 5.56 Å². The Kier molecular flexibility index (Phi) is 5.44. The number of alkyl halides is 2. The minimum atomic E-state index is -2.67. The van der Waals surface area contributed by atoms with Gasteiger partial charge in [0.1, 0.15) is 17.0 Å². The normalized spacial score (nSPS) is 15.9. The van der Waals surface area contributed by atoms with E-state index in [4.69, 9.17) is 5.26 Å². The lowest BCUT2D eigenvalue weighted by Crippen LogP contribution is -2.27. The van der Waals surface area contributed by atoms with Gasteiger partial charge in [-0.3, -0.25) is 4.79 Å². The van der Waals surface area contributed by atoms with Crippen molar-refractivity contribution < 1.29 is 13.2 Å². The monoisotopic (exact) mass is 463 g/mol. The predicted molar refractivity (Wildman–Crippen MR) is 120 cm³/mol. The van der Waals surface area contributed by atoms with Crippen LogP contribution in [0.25, 0.3) is 22.2 Å². The largest absolute Gasteiger partial charge is 0.310 e. The first-order valence-electron chi connectivity index (χ1n) is 11.0. The van der Waals surface area contributed by atoms with Crippen LogP contribution in [0.3, 0.4) is 0 Å². The number of rotatable bonds is 4. The number of aromatic amines is 1. The second kappa shape index (κ2) is 8.45. The van der Waals surface area contributed by atoms with E-state index in [0.29, 0.717) is 22.6 Å². The molecule has 1 saturated carbocycles. The molecule has 2 aromatic carbocycles. The first kappa shape index (κ1) is 21.9. The van der Waals surface area contributed by atoms with Gasteiger partial charge in [0.05, 0.1) is 23.9 Å². The van der Waals surface area contributed by atoms with Gasteiger partial charge >= 0.3 is 0 Å². The van der Waals surface area contributed by atoms with Gasteiger partial charge in [-0.05, 0) is 53.8 Å². The molecule has 1 N–H and O–H groups in total. The molecule has 0 atom stereocenters. The molecular formula is C25H20F3N5O. The second-order valence-corrected chi connectivity index (χ2v) is 8.59. The Bertz CT molecular complexity index is 1460. The maximum atomic E-state index is 14.1. The van der Waals surface area contributed by atoms with E-state index >= 15 is 0 Å². The van der Waals surface area contributed by atoms with Crippen molar-refractivity contribution >= 4 is 11.0 Å². The average Bonchev–Trinajstić information content (AvgIpc) is 3.24. The van der Waals surface area contributed by atoms with E-state index in [0.717, 1.165) is 11.1 Å². The summed E-state index contributed by atoms with van der Waals surface area (Å²) in [5, 5.41) is 13.6. The molecule has 0 radical (unpaired) electrons. The molecule has 172 valence electrons. The molecule has 34 heavy (non-hydrogen) atoms. The third-order valence-corrected chi connectivity index (χ3v) is 6.30. The Labute approximate surface area is 192 Å². The maximum absolute atomic E-state index is 14.1. The number of hydrogen-bond acceptors (Lipinski definition) is 4. The summed E-state index contributed by atoms with van der Waals surface area (Å²) in [6.07, 6.45) is 1.59. The van der Waals surface area contributed by atoms with Crippen LogP contribution in [0.5, 0.6) is 0 Å². The predicted octanol–water partition coefficient (Wildman–Crippen LogP) is 5.14. The van der Waals surface area contributed by atoms with Crippen molar-refractivity contribution in [3.8, 4) is 17.2 Å². The summed E-state index contributed by atoms with van der Waals surface area (Å²) in [5.74, 6) is -2.78. The van der Waals surface area contributed by atoms with Gasteiger partial charge in [-0.25, -0.2) is 22.8 Å². The molecule has 0 unspecified atom stereocenters. The highest BCUT2D eigenvalue weighted by molar-refractivity contribution is 5.73. The molecule has 4 aromatic rings. The molecule has 9 heteroatoms. The van der Waals surface area contributed by atoms with Gasteiger partial charge in [-0.2, -0.15) is 10.4 Å². The fourth-order valence-electron chi connectivity index (χ4n) is 4.50. The zero-order valence-corrected chi connectivity index (χ0v) is 18.1. The number of H-pyrrole nitrogens is 1. The van der Waals surface area contributed by atoms with E-state index in [2.05, 4.69) is 21.1 Å². The van der Waals surface area contributed by atoms with Crippen LogP contribution in [0.15, 0.2) is 53.5 Å². The van der Waals surface area contributed by atoms with Gasteiger partial charge in [0, 0.05) is 19.3 Å². The Morgan fingerprint density at radius 2 is 1.88 bits per heavy atom. The van der Waals surface area contributed by atoms with Gasteiger partial charge in [0.25, 0.3) is 5.56 Å². The van der Waals surface area contributed by atoms with E-state index in [9.17, 15) is 18.0 Å². The number of aromatic nitrogens is 4. The Morgan fingerprint density at radius 3 is 2.59 bits per heavy atom. The highest BCUT2D eigenvalue weighted by atomic mass is 19.3. The lowest BCUT2D eigenvalue weighted by molar-refractivity contribution is -0.0446. The van der Waals surface area contributed by atoms with E-state index in [-0.39, 0.29) is 49.1 Å². The van der Waals surface area contributed by atoms with Gasteiger partial charge in [-0.15, -0.1) is 0 Å². The fourth-order valence-corrected chi connectivity index (χ4v) is 4.50. The number of benzene rings is 2. The van der Waals surface area contributed by atoms with Crippen LogP contribution in [0, 0.1) is 17.1 Å². The summed E-state index contributed by atoms with van der Waals surface area (Å²) >= 11 is 0. The van der Waals surface area contributed by atoms with E-state index in [1.165, 1.54) is 18.3 Å². The summed E-state index contributed by atoms with van der Waals surface area (Å²) < 4.78 is 42.9. The summed E-state index contributed by atoms with van der Waals surface area (Å²) in [4.78, 5) is 20.0. The SMILES string of the molecule is N#Cc1ccc(-c2ccc(F)cc2Cc2nc3c(cnn3C3CCC(F)(F)CC3)c(=O)[nH]2)cc1. The lowest BCUT2D eigenvalue weighted by atomic mass is 9.92. The topological polar surface area (TPSA) is 87.4 Å². The van der Waals surface area contributed by atoms with Crippen LogP contribution >= 0.6 is 0 Å². The quantitative estimate of drug-likeness (QED) is 0.454. The van der Waals surface area contributed by atoms with Crippen LogP contribution in [0.2, 0.25) is 0 Å². The van der Waals surface area contributed by atoms with Crippen LogP contribution in [0.1, 0.15) is 48.7 Å². The first-order valence-corrected chi connectivity index (χ1v) is 11.0. The standard InChI is InChI=1S/C25H20F3N5O/c26-18-5-6-20(16-3-1-15(13-29)2-4-16)17(11-18)12-22-31-23-21(24(34)32-22)14-30-33(23)19-7-9-25(27,28)10-8-19/h1-6,11,14,19H,7-10,12H2,(H,31,32,34). The number of hydrogen-bond donors (Lipinski definition) is 1. The highest BCUT2D eigenvalue weighted by Crippen LogP contribution is 2.38. The molecule has 2 heterocycles. The van der Waals surface area contributed by atoms with Gasteiger partial charge in [0.2, 0.25) is 5.92 Å². The molecule has 0 amide bonds. The minimum absolute atomic E-state index is 0.145. The molecule has 0 spiro atoms. The summed E-state index contributed by atoms with van der Waals surface area (Å²) in [6, 6.07) is 13.1. The summed E-state index contributed by atoms with van der Waals surface area (Å²) in [6.45, 7) is 0. The van der Waals surface area contributed by atoms with Crippen molar-refractivity contribution in [3.05, 3.63) is 81.8 Å². The van der Waals surface area contributed by atoms with Gasteiger partial charge in [-0.1, -0.05) is 18.2 Å². The van der Waals surface area contributed by atoms with Crippen molar-refractivity contribution in [2.75, 3.05) is 0 Å². The fraction of sp³-hybridized carbons (Fsp3) is 0.280. The molecule has 0 saturated heterocycles. The van der Waals surface area contributed by atoms with Crippen LogP contribution in [0.4, 0.5) is 13.2 Å². The molecule has 1 fully saturated rings. The summed E-state index contributed by atoms with van der Waals surface area (Å²) in [7, 11) is 0. The molecule has 2 aromatic heterocycles. The molecule has 1 aliphatic rings. The lowest BCUT2D eigenvalue weighted by Gasteiger charge is -2.28. The van der Waals surface area contributed by atoms with Crippen molar-refractivity contribution in [2.45, 2.75) is 44.1 Å². The van der Waals surface area contributed by atoms with Crippen molar-refractivity contribution in [3.63, 3.8) is 0 Å². The molecular weight excluding hydrogens is 443 g/mol. The maximum Gasteiger partial charge on any atom is 0.262 e. The number of fused-ring (bicyclic) bond motifs is 1. The molecule has 5 rings (SSSR count). The van der Waals surface area contributed by atoms with Gasteiger partial charge < -0.3 is 4.98 Å². The van der Waals surface area contributed by atoms with Gasteiger partial charge in [0.15, 0.2) is 5.65 Å². The first-order chi connectivity index (χ1) is 16.3. The molecule has 1 aliphatic carbocycles. The molecule has 0 aliphatic heterocycles. The zero-order valence-electron chi connectivity index (χ0n) is 18.1. The van der Waals surface area contributed by atoms with E-state index in [1.54, 1.807) is 35.0 Å². The number of nitrogens with one attached hydrogen (secondary N) is 1. The Balaban J connectivity index is 1.52.